The van der Waals surface area contributed by atoms with Gasteiger partial charge in [0, 0.05) is 25.7 Å². The van der Waals surface area contributed by atoms with Gasteiger partial charge in [0.25, 0.3) is 0 Å². The molecule has 3 aromatic carbocycles. The average molecular weight is 578 g/mol. The van der Waals surface area contributed by atoms with Crippen molar-refractivity contribution < 1.29 is 14.1 Å². The van der Waals surface area contributed by atoms with Gasteiger partial charge >= 0.3 is 0 Å². The quantitative estimate of drug-likeness (QED) is 0.123. The second-order valence-electron chi connectivity index (χ2n) is 7.56. The van der Waals surface area contributed by atoms with Gasteiger partial charge < -0.3 is 4.74 Å². The molecule has 0 unspecified atom stereocenters. The minimum absolute atomic E-state index is 0.270. The van der Waals surface area contributed by atoms with E-state index in [-0.39, 0.29) is 23.9 Å². The Morgan fingerprint density at radius 2 is 1.86 bits per heavy atom. The van der Waals surface area contributed by atoms with E-state index in [1.807, 2.05) is 24.3 Å². The molecule has 0 spiro atoms. The molecule has 0 bridgehead atoms. The van der Waals surface area contributed by atoms with Crippen molar-refractivity contribution in [3.63, 3.8) is 0 Å². The highest BCUT2D eigenvalue weighted by atomic mass is 79.9. The molecule has 0 aliphatic heterocycles. The van der Waals surface area contributed by atoms with E-state index in [1.165, 1.54) is 23.9 Å². The van der Waals surface area contributed by atoms with Gasteiger partial charge in [-0.25, -0.2) is 4.39 Å². The van der Waals surface area contributed by atoms with Crippen LogP contribution in [-0.4, -0.2) is 26.2 Å². The highest BCUT2D eigenvalue weighted by Crippen LogP contribution is 2.41. The van der Waals surface area contributed by atoms with Crippen molar-refractivity contribution in [2.45, 2.75) is 23.9 Å². The Morgan fingerprint density at radius 3 is 2.54 bits per heavy atom. The highest BCUT2D eigenvalue weighted by Gasteiger charge is 2.27. The summed E-state index contributed by atoms with van der Waals surface area (Å²) in [6.45, 7) is 1.67. The van der Waals surface area contributed by atoms with E-state index < -0.39 is 5.25 Å². The maximum absolute atomic E-state index is 13.5. The van der Waals surface area contributed by atoms with E-state index in [4.69, 9.17) is 16.3 Å². The lowest BCUT2D eigenvalue weighted by Crippen LogP contribution is -2.12. The summed E-state index contributed by atoms with van der Waals surface area (Å²) in [6, 6.07) is 18.6. The Bertz CT molecular complexity index is 1340. The summed E-state index contributed by atoms with van der Waals surface area (Å²) in [5.74, 6) is 0.732. The Kier molecular flexibility index (Phi) is 8.04. The number of nitro groups is 1. The summed E-state index contributed by atoms with van der Waals surface area (Å²) in [5, 5.41) is 20.4. The van der Waals surface area contributed by atoms with Crippen LogP contribution in [-0.2, 0) is 6.61 Å². The van der Waals surface area contributed by atoms with Crippen molar-refractivity contribution in [1.29, 1.82) is 0 Å². The van der Waals surface area contributed by atoms with Gasteiger partial charge in [-0.2, -0.15) is 0 Å². The summed E-state index contributed by atoms with van der Waals surface area (Å²) < 4.78 is 22.0. The Morgan fingerprint density at radius 1 is 1.14 bits per heavy atom. The molecule has 0 saturated carbocycles. The van der Waals surface area contributed by atoms with E-state index in [9.17, 15) is 14.5 Å². The normalized spacial score (nSPS) is 11.9. The molecule has 1 heterocycles. The molecule has 0 saturated heterocycles. The molecule has 7 nitrogen and oxygen atoms in total. The second kappa shape index (κ2) is 11.2. The molecule has 1 aromatic heterocycles. The second-order valence-corrected chi connectivity index (χ2v) is 10.1. The predicted octanol–water partition coefficient (Wildman–Crippen LogP) is 6.82. The summed E-state index contributed by atoms with van der Waals surface area (Å²) in [7, 11) is 0. The van der Waals surface area contributed by atoms with Gasteiger partial charge in [-0.15, -0.1) is 10.2 Å². The predicted molar refractivity (Wildman–Crippen MR) is 136 cm³/mol. The maximum atomic E-state index is 13.5. The summed E-state index contributed by atoms with van der Waals surface area (Å²) in [6.07, 6.45) is 0. The number of hydrogen-bond acceptors (Lipinski definition) is 6. The van der Waals surface area contributed by atoms with Crippen LogP contribution in [0.15, 0.2) is 76.4 Å². The zero-order valence-electron chi connectivity index (χ0n) is 18.4. The van der Waals surface area contributed by atoms with Crippen molar-refractivity contribution >= 4 is 39.3 Å². The maximum Gasteiger partial charge on any atom is 0.220 e. The first-order valence-corrected chi connectivity index (χ1v) is 12.5. The number of ether oxygens (including phenoxy) is 1. The van der Waals surface area contributed by atoms with Crippen LogP contribution in [0, 0.1) is 22.9 Å². The zero-order chi connectivity index (χ0) is 24.9. The minimum Gasteiger partial charge on any atom is -0.489 e. The van der Waals surface area contributed by atoms with Gasteiger partial charge in [0.1, 0.15) is 29.2 Å². The molecule has 4 rings (SSSR count). The van der Waals surface area contributed by atoms with Crippen LogP contribution in [0.4, 0.5) is 4.39 Å². The minimum atomic E-state index is -0.634. The van der Waals surface area contributed by atoms with Gasteiger partial charge in [-0.1, -0.05) is 51.4 Å². The first-order chi connectivity index (χ1) is 16.8. The summed E-state index contributed by atoms with van der Waals surface area (Å²) >= 11 is 10.6. The molecule has 35 heavy (non-hydrogen) atoms. The zero-order valence-corrected chi connectivity index (χ0v) is 21.6. The van der Waals surface area contributed by atoms with Crippen LogP contribution >= 0.6 is 39.3 Å². The van der Waals surface area contributed by atoms with Crippen molar-refractivity contribution in [3.8, 4) is 11.4 Å². The largest absolute Gasteiger partial charge is 0.489 e. The van der Waals surface area contributed by atoms with Crippen LogP contribution in [0.1, 0.15) is 22.2 Å². The molecule has 4 aromatic rings. The topological polar surface area (TPSA) is 83.1 Å². The van der Waals surface area contributed by atoms with E-state index in [2.05, 4.69) is 26.1 Å². The number of halogens is 3. The van der Waals surface area contributed by atoms with Crippen molar-refractivity contribution in [3.05, 3.63) is 109 Å². The molecule has 180 valence electrons. The molecule has 11 heteroatoms. The molecule has 0 fully saturated rings. The van der Waals surface area contributed by atoms with Crippen LogP contribution in [0.3, 0.4) is 0 Å². The fourth-order valence-corrected chi connectivity index (χ4v) is 5.11. The third-order valence-electron chi connectivity index (χ3n) is 5.07. The van der Waals surface area contributed by atoms with Crippen molar-refractivity contribution in [2.24, 2.45) is 0 Å². The highest BCUT2D eigenvalue weighted by molar-refractivity contribution is 9.10. The number of benzene rings is 3. The fraction of sp³-hybridized carbons (Fsp3) is 0.167. The third kappa shape index (κ3) is 6.39. The number of aromatic nitrogens is 3. The molecule has 1 atom stereocenters. The lowest BCUT2D eigenvalue weighted by atomic mass is 10.1. The van der Waals surface area contributed by atoms with Gasteiger partial charge in [0.05, 0.1) is 0 Å². The molecule has 0 N–H and O–H groups in total. The fourth-order valence-electron chi connectivity index (χ4n) is 3.41. The van der Waals surface area contributed by atoms with Crippen molar-refractivity contribution in [1.82, 2.24) is 14.8 Å². The van der Waals surface area contributed by atoms with E-state index in [0.29, 0.717) is 33.0 Å². The van der Waals surface area contributed by atoms with Crippen LogP contribution in [0.2, 0.25) is 5.02 Å². The Balaban J connectivity index is 1.67. The van der Waals surface area contributed by atoms with Gasteiger partial charge in [-0.05, 0) is 67.1 Å². The SMILES string of the molecule is Cc1nnc(S[C@@H](C[N+](=O)[O-])c2cc(Br)ccc2OCc2ccc(Cl)cc2)n1-c1ccc(F)cc1. The number of thioether (sulfide) groups is 1. The smallest absolute Gasteiger partial charge is 0.220 e. The number of hydrogen-bond donors (Lipinski definition) is 0. The summed E-state index contributed by atoms with van der Waals surface area (Å²) in [4.78, 5) is 11.3. The van der Waals surface area contributed by atoms with E-state index >= 15 is 0 Å². The Hall–Kier alpha value is -2.95. The van der Waals surface area contributed by atoms with Crippen LogP contribution in [0.25, 0.3) is 5.69 Å². The lowest BCUT2D eigenvalue weighted by molar-refractivity contribution is -0.479. The first-order valence-electron chi connectivity index (χ1n) is 10.4. The number of rotatable bonds is 9. The Labute approximate surface area is 218 Å². The molecular weight excluding hydrogens is 559 g/mol. The molecule has 0 aliphatic carbocycles. The first kappa shape index (κ1) is 25.2. The third-order valence-corrected chi connectivity index (χ3v) is 6.98. The van der Waals surface area contributed by atoms with E-state index in [0.717, 1.165) is 10.0 Å². The summed E-state index contributed by atoms with van der Waals surface area (Å²) in [5.41, 5.74) is 2.21. The van der Waals surface area contributed by atoms with Gasteiger partial charge in [0.2, 0.25) is 6.54 Å². The molecule has 0 radical (unpaired) electrons. The number of nitrogens with zero attached hydrogens (tertiary/aromatic N) is 4. The molecular formula is C24H19BrClFN4O3S. The van der Waals surface area contributed by atoms with Gasteiger partial charge in [-0.3, -0.25) is 14.7 Å². The van der Waals surface area contributed by atoms with Crippen LogP contribution < -0.4 is 4.74 Å². The molecule has 0 aliphatic rings. The van der Waals surface area contributed by atoms with Crippen molar-refractivity contribution in [2.75, 3.05) is 6.54 Å². The molecule has 0 amide bonds. The standard InChI is InChI=1S/C24H19BrClFN4O3S/c1-15-28-29-24(31(15)20-9-7-19(27)8-10-20)35-23(13-30(32)33)21-12-17(25)4-11-22(21)34-14-16-2-5-18(26)6-3-16/h2-12,23H,13-14H2,1H3/t23-/m0/s1. The average Bonchev–Trinajstić information content (AvgIpc) is 3.19. The lowest BCUT2D eigenvalue weighted by Gasteiger charge is -2.18. The van der Waals surface area contributed by atoms with E-state index in [1.54, 1.807) is 41.8 Å². The van der Waals surface area contributed by atoms with Gasteiger partial charge in [0.15, 0.2) is 5.16 Å². The monoisotopic (exact) mass is 576 g/mol. The van der Waals surface area contributed by atoms with Crippen LogP contribution in [0.5, 0.6) is 5.75 Å². The number of aryl methyl sites for hydroxylation is 1.